The summed E-state index contributed by atoms with van der Waals surface area (Å²) in [6, 6.07) is 7.56. The molecule has 1 amide bonds. The summed E-state index contributed by atoms with van der Waals surface area (Å²) in [5, 5.41) is 0.670. The molecule has 9 nitrogen and oxygen atoms in total. The molecule has 0 radical (unpaired) electrons. The molecule has 2 saturated heterocycles. The molecule has 3 atom stereocenters. The van der Waals surface area contributed by atoms with Crippen molar-refractivity contribution in [3.63, 3.8) is 0 Å². The van der Waals surface area contributed by atoms with Crippen molar-refractivity contribution in [1.29, 1.82) is 0 Å². The Balaban J connectivity index is 1.23. The van der Waals surface area contributed by atoms with E-state index in [9.17, 15) is 4.79 Å². The summed E-state index contributed by atoms with van der Waals surface area (Å²) in [6.45, 7) is 2.96. The molecule has 3 unspecified atom stereocenters. The van der Waals surface area contributed by atoms with Crippen molar-refractivity contribution in [1.82, 2.24) is 14.5 Å². The molecule has 184 valence electrons. The standard InChI is InChI=1S/C23H28BrClN4O5/c1-27-19-18(29(23(24)26-19)14-15-5-7-16(25)8-6-15)20(30)28(22-21(27)34-22)9-11-31-12-13-33-17-4-2-3-10-32-17/h5-8,17,21-22H,2-4,9-14H2,1H3. The summed E-state index contributed by atoms with van der Waals surface area (Å²) in [7, 11) is 1.90. The summed E-state index contributed by atoms with van der Waals surface area (Å²) in [5.74, 6) is 0.470. The van der Waals surface area contributed by atoms with Gasteiger partial charge in [0.05, 0.1) is 26.4 Å². The largest absolute Gasteiger partial charge is 0.377 e. The van der Waals surface area contributed by atoms with Gasteiger partial charge in [0.1, 0.15) is 0 Å². The molecule has 0 N–H and O–H groups in total. The first-order chi connectivity index (χ1) is 16.5. The zero-order valence-electron chi connectivity index (χ0n) is 19.0. The SMILES string of the molecule is CN1c2nc(Br)n(Cc3ccc(Cl)cc3)c2C(=O)N(CCOCCOC2CCCCO2)C2OC21. The van der Waals surface area contributed by atoms with Crippen LogP contribution in [-0.4, -0.2) is 79.1 Å². The lowest BCUT2D eigenvalue weighted by Crippen LogP contribution is -2.38. The van der Waals surface area contributed by atoms with Crippen LogP contribution >= 0.6 is 27.5 Å². The van der Waals surface area contributed by atoms with Crippen LogP contribution in [0.4, 0.5) is 5.82 Å². The van der Waals surface area contributed by atoms with Gasteiger partial charge in [-0.25, -0.2) is 4.98 Å². The highest BCUT2D eigenvalue weighted by Crippen LogP contribution is 2.39. The van der Waals surface area contributed by atoms with Crippen molar-refractivity contribution in [2.24, 2.45) is 0 Å². The second-order valence-electron chi connectivity index (χ2n) is 8.57. The highest BCUT2D eigenvalue weighted by atomic mass is 79.9. The molecule has 0 bridgehead atoms. The van der Waals surface area contributed by atoms with Crippen LogP contribution in [0.15, 0.2) is 29.0 Å². The van der Waals surface area contributed by atoms with Crippen LogP contribution in [-0.2, 0) is 25.5 Å². The number of rotatable bonds is 9. The van der Waals surface area contributed by atoms with Crippen LogP contribution in [0, 0.1) is 0 Å². The number of fused-ring (bicyclic) bond motifs is 2. The number of carbonyl (C=O) groups excluding carboxylic acids is 1. The van der Waals surface area contributed by atoms with Gasteiger partial charge in [0.15, 0.2) is 35.0 Å². The maximum absolute atomic E-state index is 13.6. The Hall–Kier alpha value is -1.69. The zero-order chi connectivity index (χ0) is 23.7. The van der Waals surface area contributed by atoms with Gasteiger partial charge in [0.25, 0.3) is 5.91 Å². The van der Waals surface area contributed by atoms with E-state index >= 15 is 0 Å². The third kappa shape index (κ3) is 5.12. The number of hydrogen-bond acceptors (Lipinski definition) is 7. The molecule has 3 aliphatic rings. The van der Waals surface area contributed by atoms with E-state index in [4.69, 9.17) is 30.5 Å². The average molecular weight is 556 g/mol. The maximum atomic E-state index is 13.6. The third-order valence-electron chi connectivity index (χ3n) is 6.24. The first-order valence-corrected chi connectivity index (χ1v) is 12.7. The van der Waals surface area contributed by atoms with Crippen molar-refractivity contribution >= 4 is 39.3 Å². The number of amides is 1. The van der Waals surface area contributed by atoms with Gasteiger partial charge < -0.3 is 33.3 Å². The summed E-state index contributed by atoms with van der Waals surface area (Å²) < 4.78 is 25.3. The second kappa shape index (κ2) is 10.5. The highest BCUT2D eigenvalue weighted by Gasteiger charge is 2.53. The molecule has 11 heteroatoms. The number of ether oxygens (including phenoxy) is 4. The van der Waals surface area contributed by atoms with Crippen molar-refractivity contribution < 1.29 is 23.7 Å². The lowest BCUT2D eigenvalue weighted by Gasteiger charge is -2.23. The van der Waals surface area contributed by atoms with E-state index in [0.29, 0.717) is 54.2 Å². The number of anilines is 1. The number of hydrogen-bond donors (Lipinski definition) is 0. The van der Waals surface area contributed by atoms with Crippen LogP contribution in [0.25, 0.3) is 0 Å². The Labute approximate surface area is 212 Å². The number of halogens is 2. The van der Waals surface area contributed by atoms with E-state index in [0.717, 1.165) is 31.4 Å². The Morgan fingerprint density at radius 3 is 2.76 bits per heavy atom. The van der Waals surface area contributed by atoms with E-state index in [1.165, 1.54) is 0 Å². The van der Waals surface area contributed by atoms with Crippen LogP contribution in [0.1, 0.15) is 35.3 Å². The Bertz CT molecular complexity index is 1010. The zero-order valence-corrected chi connectivity index (χ0v) is 21.3. The molecule has 0 aliphatic carbocycles. The van der Waals surface area contributed by atoms with Crippen LogP contribution < -0.4 is 4.90 Å². The maximum Gasteiger partial charge on any atom is 0.276 e. The third-order valence-corrected chi connectivity index (χ3v) is 7.09. The fourth-order valence-electron chi connectivity index (χ4n) is 4.34. The molecule has 3 aliphatic heterocycles. The normalized spacial score (nSPS) is 24.1. The first kappa shape index (κ1) is 24.0. The van der Waals surface area contributed by atoms with Gasteiger partial charge in [-0.05, 0) is 52.9 Å². The Kier molecular flexibility index (Phi) is 7.43. The number of benzene rings is 1. The second-order valence-corrected chi connectivity index (χ2v) is 9.72. The van der Waals surface area contributed by atoms with Crippen LogP contribution in [0.3, 0.4) is 0 Å². The molecule has 5 rings (SSSR count). The highest BCUT2D eigenvalue weighted by molar-refractivity contribution is 9.10. The van der Waals surface area contributed by atoms with E-state index in [2.05, 4.69) is 20.9 Å². The van der Waals surface area contributed by atoms with Gasteiger partial charge in [-0.2, -0.15) is 0 Å². The predicted octanol–water partition coefficient (Wildman–Crippen LogP) is 3.48. The van der Waals surface area contributed by atoms with Gasteiger partial charge in [0.2, 0.25) is 0 Å². The number of imidazole rings is 1. The Morgan fingerprint density at radius 2 is 2.00 bits per heavy atom. The van der Waals surface area contributed by atoms with Gasteiger partial charge in [-0.3, -0.25) is 4.79 Å². The van der Waals surface area contributed by atoms with E-state index < -0.39 is 0 Å². The lowest BCUT2D eigenvalue weighted by atomic mass is 10.2. The van der Waals surface area contributed by atoms with E-state index in [-0.39, 0.29) is 24.7 Å². The number of aromatic nitrogens is 2. The predicted molar refractivity (Wildman–Crippen MR) is 129 cm³/mol. The molecular weight excluding hydrogens is 528 g/mol. The average Bonchev–Trinajstić information content (AvgIpc) is 3.57. The first-order valence-electron chi connectivity index (χ1n) is 11.5. The van der Waals surface area contributed by atoms with E-state index in [1.54, 1.807) is 4.90 Å². The molecule has 34 heavy (non-hydrogen) atoms. The number of epoxide rings is 1. The molecule has 0 saturated carbocycles. The molecule has 1 aromatic heterocycles. The molecular formula is C23H28BrClN4O5. The monoisotopic (exact) mass is 554 g/mol. The number of likely N-dealkylation sites (N-methyl/N-ethyl adjacent to an activating group) is 1. The lowest BCUT2D eigenvalue weighted by molar-refractivity contribution is -0.169. The fraction of sp³-hybridized carbons (Fsp3) is 0.565. The molecule has 2 fully saturated rings. The summed E-state index contributed by atoms with van der Waals surface area (Å²) in [4.78, 5) is 21.9. The number of carbonyl (C=O) groups is 1. The van der Waals surface area contributed by atoms with Crippen molar-refractivity contribution in [2.75, 3.05) is 44.9 Å². The topological polar surface area (TPSA) is 81.6 Å². The van der Waals surface area contributed by atoms with Crippen LogP contribution in [0.5, 0.6) is 0 Å². The molecule has 1 aromatic carbocycles. The van der Waals surface area contributed by atoms with Gasteiger partial charge in [-0.15, -0.1) is 0 Å². The Morgan fingerprint density at radius 1 is 1.18 bits per heavy atom. The summed E-state index contributed by atoms with van der Waals surface area (Å²) in [6.07, 6.45) is 2.49. The minimum absolute atomic E-state index is 0.126. The quantitative estimate of drug-likeness (QED) is 0.346. The summed E-state index contributed by atoms with van der Waals surface area (Å²) in [5.41, 5.74) is 1.54. The van der Waals surface area contributed by atoms with E-state index in [1.807, 2.05) is 40.8 Å². The summed E-state index contributed by atoms with van der Waals surface area (Å²) >= 11 is 9.56. The van der Waals surface area contributed by atoms with Crippen LogP contribution in [0.2, 0.25) is 5.02 Å². The fourth-order valence-corrected chi connectivity index (χ4v) is 4.94. The van der Waals surface area contributed by atoms with Crippen molar-refractivity contribution in [3.05, 3.63) is 45.3 Å². The number of nitrogens with zero attached hydrogens (tertiary/aromatic N) is 4. The molecule has 0 spiro atoms. The molecule has 4 heterocycles. The smallest absolute Gasteiger partial charge is 0.276 e. The van der Waals surface area contributed by atoms with Gasteiger partial charge in [-0.1, -0.05) is 23.7 Å². The minimum Gasteiger partial charge on any atom is -0.377 e. The van der Waals surface area contributed by atoms with Crippen molar-refractivity contribution in [2.45, 2.75) is 44.6 Å². The molecule has 2 aromatic rings. The minimum atomic E-state index is -0.315. The van der Waals surface area contributed by atoms with Crippen molar-refractivity contribution in [3.8, 4) is 0 Å². The van der Waals surface area contributed by atoms with Gasteiger partial charge >= 0.3 is 0 Å². The van der Waals surface area contributed by atoms with Gasteiger partial charge in [0, 0.05) is 25.2 Å².